The summed E-state index contributed by atoms with van der Waals surface area (Å²) in [6, 6.07) is 2.06. The maximum Gasteiger partial charge on any atom is 0.419 e. The number of halogens is 4. The number of benzene rings is 1. The fourth-order valence-corrected chi connectivity index (χ4v) is 5.34. The van der Waals surface area contributed by atoms with Gasteiger partial charge in [-0.1, -0.05) is 5.21 Å². The van der Waals surface area contributed by atoms with Gasteiger partial charge in [0.25, 0.3) is 0 Å². The van der Waals surface area contributed by atoms with Crippen LogP contribution in [0.1, 0.15) is 23.2 Å². The summed E-state index contributed by atoms with van der Waals surface area (Å²) >= 11 is 0. The van der Waals surface area contributed by atoms with E-state index in [1.54, 1.807) is 20.7 Å². The van der Waals surface area contributed by atoms with Crippen LogP contribution in [0.5, 0.6) is 0 Å². The van der Waals surface area contributed by atoms with Crippen molar-refractivity contribution in [3.8, 4) is 0 Å². The van der Waals surface area contributed by atoms with Crippen molar-refractivity contribution >= 4 is 28.6 Å². The number of fused-ring (bicyclic) bond motifs is 2. The lowest BCUT2D eigenvalue weighted by molar-refractivity contribution is -0.140. The van der Waals surface area contributed by atoms with Crippen molar-refractivity contribution in [3.05, 3.63) is 53.6 Å². The second kappa shape index (κ2) is 8.86. The molecule has 1 saturated heterocycles. The summed E-state index contributed by atoms with van der Waals surface area (Å²) in [6.45, 7) is 0.877. The molecule has 12 nitrogen and oxygen atoms in total. The van der Waals surface area contributed by atoms with Gasteiger partial charge in [-0.2, -0.15) is 13.2 Å². The van der Waals surface area contributed by atoms with Gasteiger partial charge in [-0.25, -0.2) is 24.0 Å². The summed E-state index contributed by atoms with van der Waals surface area (Å²) in [6.07, 6.45) is -0.756. The number of amides is 1. The fraction of sp³-hybridized carbons (Fsp3) is 0.391. The highest BCUT2D eigenvalue weighted by Gasteiger charge is 2.46. The van der Waals surface area contributed by atoms with E-state index in [2.05, 4.69) is 25.3 Å². The van der Waals surface area contributed by atoms with E-state index < -0.39 is 29.6 Å². The number of hydrogen-bond acceptors (Lipinski definition) is 9. The van der Waals surface area contributed by atoms with Crippen LogP contribution in [-0.4, -0.2) is 70.5 Å². The molecule has 39 heavy (non-hydrogen) atoms. The van der Waals surface area contributed by atoms with Gasteiger partial charge >= 0.3 is 6.18 Å². The largest absolute Gasteiger partial charge is 0.419 e. The Morgan fingerprint density at radius 1 is 1.13 bits per heavy atom. The van der Waals surface area contributed by atoms with Gasteiger partial charge in [-0.3, -0.25) is 4.79 Å². The third-order valence-electron chi connectivity index (χ3n) is 7.27. The van der Waals surface area contributed by atoms with E-state index in [1.807, 2.05) is 0 Å². The minimum Gasteiger partial charge on any atom is -0.382 e. The summed E-state index contributed by atoms with van der Waals surface area (Å²) in [5.74, 6) is -1.66. The minimum absolute atomic E-state index is 0.0461. The van der Waals surface area contributed by atoms with Crippen molar-refractivity contribution < 1.29 is 22.4 Å². The Hall–Kier alpha value is -4.34. The van der Waals surface area contributed by atoms with Crippen LogP contribution in [0, 0.1) is 5.82 Å². The molecule has 0 bridgehead atoms. The van der Waals surface area contributed by atoms with Crippen molar-refractivity contribution in [2.75, 3.05) is 30.3 Å². The molecule has 5 heterocycles. The molecule has 0 aliphatic carbocycles. The zero-order chi connectivity index (χ0) is 27.5. The zero-order valence-corrected chi connectivity index (χ0v) is 20.4. The normalized spacial score (nSPS) is 19.6. The molecule has 1 amide bonds. The monoisotopic (exact) mass is 545 g/mol. The van der Waals surface area contributed by atoms with Gasteiger partial charge in [0.05, 0.1) is 43.4 Å². The molecule has 1 fully saturated rings. The van der Waals surface area contributed by atoms with Crippen molar-refractivity contribution in [2.24, 2.45) is 5.73 Å². The molecular weight excluding hydrogens is 522 g/mol. The third kappa shape index (κ3) is 4.20. The van der Waals surface area contributed by atoms with Crippen molar-refractivity contribution in [1.29, 1.82) is 0 Å². The highest BCUT2D eigenvalue weighted by Crippen LogP contribution is 2.40. The van der Waals surface area contributed by atoms with E-state index in [0.29, 0.717) is 13.1 Å². The maximum atomic E-state index is 14.7. The maximum absolute atomic E-state index is 14.7. The zero-order valence-electron chi connectivity index (χ0n) is 20.4. The molecule has 2 aliphatic rings. The summed E-state index contributed by atoms with van der Waals surface area (Å²) in [4.78, 5) is 28.7. The Labute approximate surface area is 218 Å². The smallest absolute Gasteiger partial charge is 0.382 e. The first-order valence-corrected chi connectivity index (χ1v) is 12.1. The third-order valence-corrected chi connectivity index (χ3v) is 7.27. The van der Waals surface area contributed by atoms with Crippen molar-refractivity contribution in [1.82, 2.24) is 39.4 Å². The SMILES string of the molecule is Nc1ncnc2c1ncn2Cc1c(N2CCC(N)(C(=O)N3CCn4nncc4C3)C2)ccc(F)c1C(F)(F)F. The highest BCUT2D eigenvalue weighted by atomic mass is 19.4. The Kier molecular flexibility index (Phi) is 5.67. The van der Waals surface area contributed by atoms with Gasteiger partial charge in [0.1, 0.15) is 23.2 Å². The van der Waals surface area contributed by atoms with Crippen LogP contribution in [0.15, 0.2) is 31.0 Å². The molecule has 6 rings (SSSR count). The summed E-state index contributed by atoms with van der Waals surface area (Å²) < 4.78 is 60.3. The average Bonchev–Trinajstić information content (AvgIpc) is 3.62. The number of nitrogen functional groups attached to an aromatic ring is 1. The number of rotatable bonds is 4. The Morgan fingerprint density at radius 2 is 1.95 bits per heavy atom. The molecule has 1 atom stereocenters. The standard InChI is InChI=1S/C23H23F4N11O/c24-15-1-2-16(14(17(15)23(25,26)27)9-37-12-32-18-19(28)30-11-31-20(18)37)36-4-3-22(29,10-36)21(39)35-5-6-38-13(8-35)7-33-34-38/h1-2,7,11-12H,3-6,8-10,29H2,(H2,28,30,31). The number of alkyl halides is 3. The second-order valence-corrected chi connectivity index (χ2v) is 9.72. The second-order valence-electron chi connectivity index (χ2n) is 9.72. The Balaban J connectivity index is 1.34. The summed E-state index contributed by atoms with van der Waals surface area (Å²) in [5, 5.41) is 7.82. The van der Waals surface area contributed by atoms with Crippen LogP contribution in [-0.2, 0) is 30.6 Å². The minimum atomic E-state index is -4.99. The molecule has 0 spiro atoms. The summed E-state index contributed by atoms with van der Waals surface area (Å²) in [7, 11) is 0. The first-order valence-electron chi connectivity index (χ1n) is 12.1. The van der Waals surface area contributed by atoms with E-state index in [-0.39, 0.29) is 60.2 Å². The number of nitrogens with zero attached hydrogens (tertiary/aromatic N) is 9. The van der Waals surface area contributed by atoms with Crippen LogP contribution in [0.2, 0.25) is 0 Å². The number of nitrogens with two attached hydrogens (primary N) is 2. The molecule has 1 aromatic carbocycles. The molecule has 1 unspecified atom stereocenters. The first-order chi connectivity index (χ1) is 18.5. The molecule has 4 aromatic rings. The number of carbonyl (C=O) groups excluding carboxylic acids is 1. The first kappa shape index (κ1) is 25.0. The van der Waals surface area contributed by atoms with Crippen LogP contribution in [0.25, 0.3) is 11.2 Å². The molecule has 16 heteroatoms. The fourth-order valence-electron chi connectivity index (χ4n) is 5.34. The van der Waals surface area contributed by atoms with E-state index in [1.165, 1.54) is 23.3 Å². The molecule has 0 saturated carbocycles. The van der Waals surface area contributed by atoms with Crippen molar-refractivity contribution in [3.63, 3.8) is 0 Å². The predicted octanol–water partition coefficient (Wildman–Crippen LogP) is 1.16. The number of anilines is 2. The van der Waals surface area contributed by atoms with E-state index in [4.69, 9.17) is 11.5 Å². The molecule has 3 aromatic heterocycles. The van der Waals surface area contributed by atoms with Gasteiger partial charge in [0, 0.05) is 30.9 Å². The summed E-state index contributed by atoms with van der Waals surface area (Å²) in [5.41, 5.74) is 10.6. The van der Waals surface area contributed by atoms with E-state index >= 15 is 0 Å². The lowest BCUT2D eigenvalue weighted by atomic mass is 9.97. The van der Waals surface area contributed by atoms with Crippen LogP contribution < -0.4 is 16.4 Å². The topological polar surface area (TPSA) is 150 Å². The number of aromatic nitrogens is 7. The quantitative estimate of drug-likeness (QED) is 0.360. The lowest BCUT2D eigenvalue weighted by Gasteiger charge is -2.34. The Bertz CT molecular complexity index is 1580. The van der Waals surface area contributed by atoms with E-state index in [0.717, 1.165) is 11.8 Å². The van der Waals surface area contributed by atoms with Gasteiger partial charge < -0.3 is 25.8 Å². The molecule has 4 N–H and O–H groups in total. The molecule has 2 aliphatic heterocycles. The van der Waals surface area contributed by atoms with Crippen LogP contribution in [0.4, 0.5) is 29.1 Å². The molecular formula is C23H23F4N11O. The highest BCUT2D eigenvalue weighted by molar-refractivity contribution is 5.88. The lowest BCUT2D eigenvalue weighted by Crippen LogP contribution is -2.58. The predicted molar refractivity (Wildman–Crippen MR) is 129 cm³/mol. The number of hydrogen-bond donors (Lipinski definition) is 2. The van der Waals surface area contributed by atoms with Gasteiger partial charge in [0.15, 0.2) is 11.5 Å². The van der Waals surface area contributed by atoms with Gasteiger partial charge in [0.2, 0.25) is 5.91 Å². The number of carbonyl (C=O) groups is 1. The molecule has 204 valence electrons. The van der Waals surface area contributed by atoms with E-state index in [9.17, 15) is 22.4 Å². The molecule has 0 radical (unpaired) electrons. The average molecular weight is 546 g/mol. The van der Waals surface area contributed by atoms with Gasteiger partial charge in [-0.05, 0) is 18.6 Å². The van der Waals surface area contributed by atoms with Crippen LogP contribution >= 0.6 is 0 Å². The van der Waals surface area contributed by atoms with Crippen molar-refractivity contribution in [2.45, 2.75) is 37.8 Å². The Morgan fingerprint density at radius 3 is 2.74 bits per heavy atom. The van der Waals surface area contributed by atoms with Gasteiger partial charge in [-0.15, -0.1) is 5.10 Å². The number of imidazole rings is 1. The van der Waals surface area contributed by atoms with Crippen LogP contribution in [0.3, 0.4) is 0 Å².